The van der Waals surface area contributed by atoms with Gasteiger partial charge in [0.15, 0.2) is 0 Å². The van der Waals surface area contributed by atoms with Gasteiger partial charge in [-0.2, -0.15) is 0 Å². The fourth-order valence-electron chi connectivity index (χ4n) is 2.46. The first-order valence-corrected chi connectivity index (χ1v) is 7.29. The Kier molecular flexibility index (Phi) is 6.15. The standard InChI is InChI=1S/C16H26FN3O/c1-12(2)19-16(3,15(18)21)10-7-11-20(4)14-9-6-5-8-13(14)17/h5-6,8-9,12,19H,7,10-11H2,1-4H3,(H2,18,21). The third kappa shape index (κ3) is 5.01. The minimum Gasteiger partial charge on any atom is -0.372 e. The lowest BCUT2D eigenvalue weighted by Crippen LogP contribution is -2.55. The zero-order valence-corrected chi connectivity index (χ0v) is 13.3. The van der Waals surface area contributed by atoms with Gasteiger partial charge >= 0.3 is 0 Å². The van der Waals surface area contributed by atoms with E-state index in [0.717, 1.165) is 6.42 Å². The third-order valence-corrected chi connectivity index (χ3v) is 3.59. The van der Waals surface area contributed by atoms with E-state index in [9.17, 15) is 9.18 Å². The van der Waals surface area contributed by atoms with Crippen molar-refractivity contribution in [3.05, 3.63) is 30.1 Å². The molecule has 0 heterocycles. The molecule has 1 amide bonds. The van der Waals surface area contributed by atoms with Crippen LogP contribution >= 0.6 is 0 Å². The maximum Gasteiger partial charge on any atom is 0.237 e. The summed E-state index contributed by atoms with van der Waals surface area (Å²) in [6.07, 6.45) is 1.35. The van der Waals surface area contributed by atoms with Gasteiger partial charge in [0.25, 0.3) is 0 Å². The Morgan fingerprint density at radius 3 is 2.57 bits per heavy atom. The SMILES string of the molecule is CC(C)NC(C)(CCCN(C)c1ccccc1F)C(N)=O. The predicted octanol–water partition coefficient (Wildman–Crippen LogP) is 2.28. The minimum atomic E-state index is -0.732. The van der Waals surface area contributed by atoms with Crippen LogP contribution in [0, 0.1) is 5.82 Å². The maximum atomic E-state index is 13.7. The second kappa shape index (κ2) is 7.41. The molecule has 0 aliphatic heterocycles. The minimum absolute atomic E-state index is 0.173. The van der Waals surface area contributed by atoms with Crippen LogP contribution < -0.4 is 16.0 Å². The lowest BCUT2D eigenvalue weighted by Gasteiger charge is -2.31. The quantitative estimate of drug-likeness (QED) is 0.773. The molecule has 5 heteroatoms. The van der Waals surface area contributed by atoms with Crippen LogP contribution in [0.4, 0.5) is 10.1 Å². The number of nitrogens with one attached hydrogen (secondary N) is 1. The number of primary amides is 1. The molecule has 0 bridgehead atoms. The third-order valence-electron chi connectivity index (χ3n) is 3.59. The van der Waals surface area contributed by atoms with E-state index in [1.165, 1.54) is 6.07 Å². The molecule has 0 saturated carbocycles. The van der Waals surface area contributed by atoms with Crippen molar-refractivity contribution >= 4 is 11.6 Å². The summed E-state index contributed by atoms with van der Waals surface area (Å²) in [5, 5.41) is 3.21. The van der Waals surface area contributed by atoms with Gasteiger partial charge in [0.2, 0.25) is 5.91 Å². The predicted molar refractivity (Wildman–Crippen MR) is 84.8 cm³/mol. The largest absolute Gasteiger partial charge is 0.372 e. The smallest absolute Gasteiger partial charge is 0.237 e. The number of nitrogens with two attached hydrogens (primary N) is 1. The number of benzene rings is 1. The number of anilines is 1. The molecule has 21 heavy (non-hydrogen) atoms. The number of carbonyl (C=O) groups is 1. The molecule has 0 aromatic heterocycles. The van der Waals surface area contributed by atoms with E-state index in [1.807, 2.05) is 38.8 Å². The summed E-state index contributed by atoms with van der Waals surface area (Å²) in [6, 6.07) is 6.84. The van der Waals surface area contributed by atoms with Gasteiger partial charge in [-0.05, 0) is 45.7 Å². The van der Waals surface area contributed by atoms with Crippen LogP contribution in [0.5, 0.6) is 0 Å². The number of halogens is 1. The average Bonchev–Trinajstić information content (AvgIpc) is 2.38. The first-order valence-electron chi connectivity index (χ1n) is 7.29. The molecular weight excluding hydrogens is 269 g/mol. The number of carbonyl (C=O) groups excluding carboxylic acids is 1. The number of hydrogen-bond donors (Lipinski definition) is 2. The van der Waals surface area contributed by atoms with Crippen LogP contribution in [-0.2, 0) is 4.79 Å². The summed E-state index contributed by atoms with van der Waals surface area (Å²) in [7, 11) is 1.84. The molecule has 0 aliphatic rings. The van der Waals surface area contributed by atoms with Crippen LogP contribution in [0.3, 0.4) is 0 Å². The number of amides is 1. The Bertz CT molecular complexity index is 478. The van der Waals surface area contributed by atoms with Crippen molar-refractivity contribution in [3.63, 3.8) is 0 Å². The molecule has 0 saturated heterocycles. The van der Waals surface area contributed by atoms with Gasteiger partial charge < -0.3 is 16.0 Å². The molecule has 1 aromatic carbocycles. The summed E-state index contributed by atoms with van der Waals surface area (Å²) in [5.74, 6) is -0.595. The molecule has 1 atom stereocenters. The van der Waals surface area contributed by atoms with Crippen molar-refractivity contribution in [2.75, 3.05) is 18.5 Å². The highest BCUT2D eigenvalue weighted by atomic mass is 19.1. The van der Waals surface area contributed by atoms with Gasteiger partial charge in [-0.1, -0.05) is 12.1 Å². The van der Waals surface area contributed by atoms with E-state index >= 15 is 0 Å². The summed E-state index contributed by atoms with van der Waals surface area (Å²) < 4.78 is 13.7. The molecule has 0 spiro atoms. The number of rotatable bonds is 8. The highest BCUT2D eigenvalue weighted by Gasteiger charge is 2.30. The highest BCUT2D eigenvalue weighted by Crippen LogP contribution is 2.19. The first-order chi connectivity index (χ1) is 9.76. The van der Waals surface area contributed by atoms with Crippen LogP contribution in [0.1, 0.15) is 33.6 Å². The van der Waals surface area contributed by atoms with Crippen molar-refractivity contribution < 1.29 is 9.18 Å². The lowest BCUT2D eigenvalue weighted by molar-refractivity contribution is -0.124. The number of para-hydroxylation sites is 1. The molecule has 0 radical (unpaired) electrons. The molecule has 4 nitrogen and oxygen atoms in total. The second-order valence-corrected chi connectivity index (χ2v) is 5.97. The average molecular weight is 295 g/mol. The van der Waals surface area contributed by atoms with E-state index in [-0.39, 0.29) is 17.8 Å². The van der Waals surface area contributed by atoms with Crippen LogP contribution in [0.25, 0.3) is 0 Å². The summed E-state index contributed by atoms with van der Waals surface area (Å²) in [4.78, 5) is 13.5. The van der Waals surface area contributed by atoms with E-state index in [2.05, 4.69) is 5.32 Å². The number of nitrogens with zero attached hydrogens (tertiary/aromatic N) is 1. The molecular formula is C16H26FN3O. The summed E-state index contributed by atoms with van der Waals surface area (Å²) in [5.41, 5.74) is 5.33. The fraction of sp³-hybridized carbons (Fsp3) is 0.562. The van der Waals surface area contributed by atoms with Gasteiger partial charge in [-0.3, -0.25) is 4.79 Å². The molecule has 0 aliphatic carbocycles. The van der Waals surface area contributed by atoms with E-state index in [4.69, 9.17) is 5.73 Å². The summed E-state index contributed by atoms with van der Waals surface area (Å²) in [6.45, 7) is 6.43. The van der Waals surface area contributed by atoms with Gasteiger partial charge in [0.1, 0.15) is 5.82 Å². The second-order valence-electron chi connectivity index (χ2n) is 5.97. The molecule has 1 rings (SSSR count). The monoisotopic (exact) mass is 295 g/mol. The lowest BCUT2D eigenvalue weighted by atomic mass is 9.93. The van der Waals surface area contributed by atoms with Crippen molar-refractivity contribution in [2.45, 2.75) is 45.2 Å². The van der Waals surface area contributed by atoms with E-state index in [0.29, 0.717) is 18.7 Å². The van der Waals surface area contributed by atoms with Gasteiger partial charge in [-0.25, -0.2) is 4.39 Å². The van der Waals surface area contributed by atoms with Crippen LogP contribution in [0.2, 0.25) is 0 Å². The van der Waals surface area contributed by atoms with Crippen molar-refractivity contribution in [1.82, 2.24) is 5.32 Å². The molecule has 1 unspecified atom stereocenters. The Balaban J connectivity index is 2.58. The van der Waals surface area contributed by atoms with Crippen molar-refractivity contribution in [2.24, 2.45) is 5.73 Å². The molecule has 3 N–H and O–H groups in total. The van der Waals surface area contributed by atoms with Gasteiger partial charge in [0, 0.05) is 19.6 Å². The Hall–Kier alpha value is -1.62. The van der Waals surface area contributed by atoms with Gasteiger partial charge in [-0.15, -0.1) is 0 Å². The maximum absolute atomic E-state index is 13.7. The Morgan fingerprint density at radius 1 is 1.43 bits per heavy atom. The fourth-order valence-corrected chi connectivity index (χ4v) is 2.46. The summed E-state index contributed by atoms with van der Waals surface area (Å²) >= 11 is 0. The van der Waals surface area contributed by atoms with Crippen molar-refractivity contribution in [3.8, 4) is 0 Å². The molecule has 0 fully saturated rings. The molecule has 1 aromatic rings. The zero-order chi connectivity index (χ0) is 16.0. The van der Waals surface area contributed by atoms with E-state index < -0.39 is 5.54 Å². The van der Waals surface area contributed by atoms with Gasteiger partial charge in [0.05, 0.1) is 11.2 Å². The van der Waals surface area contributed by atoms with E-state index in [1.54, 1.807) is 12.1 Å². The van der Waals surface area contributed by atoms with Crippen LogP contribution in [-0.4, -0.2) is 31.1 Å². The van der Waals surface area contributed by atoms with Crippen molar-refractivity contribution in [1.29, 1.82) is 0 Å². The Labute approximate surface area is 126 Å². The highest BCUT2D eigenvalue weighted by molar-refractivity contribution is 5.84. The normalized spacial score (nSPS) is 14.0. The first kappa shape index (κ1) is 17.4. The Morgan fingerprint density at radius 2 is 2.05 bits per heavy atom. The zero-order valence-electron chi connectivity index (χ0n) is 13.3. The number of hydrogen-bond acceptors (Lipinski definition) is 3. The van der Waals surface area contributed by atoms with Crippen LogP contribution in [0.15, 0.2) is 24.3 Å². The molecule has 118 valence electrons. The topological polar surface area (TPSA) is 58.4 Å².